The second kappa shape index (κ2) is 10.9. The smallest absolute Gasteiger partial charge is 0.407 e. The molecule has 2 aromatic carbocycles. The number of fused-ring (bicyclic) bond motifs is 3. The Morgan fingerprint density at radius 2 is 1.69 bits per heavy atom. The maximum Gasteiger partial charge on any atom is 0.407 e. The molecule has 3 unspecified atom stereocenters. The number of carbonyl (C=O) groups excluding carboxylic acids is 2. The van der Waals surface area contributed by atoms with Crippen molar-refractivity contribution < 1.29 is 24.2 Å². The molecular formula is C28H34N2O5. The van der Waals surface area contributed by atoms with Crippen LogP contribution in [0.4, 0.5) is 4.79 Å². The van der Waals surface area contributed by atoms with Crippen LogP contribution in [0, 0.1) is 5.92 Å². The number of hydrogen-bond donors (Lipinski definition) is 2. The molecule has 1 aliphatic heterocycles. The number of piperidine rings is 1. The van der Waals surface area contributed by atoms with E-state index in [1.54, 1.807) is 0 Å². The van der Waals surface area contributed by atoms with Crippen LogP contribution >= 0.6 is 0 Å². The summed E-state index contributed by atoms with van der Waals surface area (Å²) >= 11 is 0. The quantitative estimate of drug-likeness (QED) is 0.568. The second-order valence-electron chi connectivity index (χ2n) is 9.69. The number of amides is 2. The van der Waals surface area contributed by atoms with E-state index in [9.17, 15) is 19.5 Å². The van der Waals surface area contributed by atoms with Crippen LogP contribution in [0.15, 0.2) is 48.5 Å². The van der Waals surface area contributed by atoms with Gasteiger partial charge in [-0.1, -0.05) is 75.2 Å². The maximum atomic E-state index is 13.4. The fourth-order valence-corrected chi connectivity index (χ4v) is 5.30. The van der Waals surface area contributed by atoms with Gasteiger partial charge >= 0.3 is 12.1 Å². The van der Waals surface area contributed by atoms with Gasteiger partial charge in [0.25, 0.3) is 0 Å². The monoisotopic (exact) mass is 478 g/mol. The number of unbranched alkanes of at least 4 members (excludes halogenated alkanes) is 1. The normalized spacial score (nSPS) is 20.0. The number of benzene rings is 2. The third kappa shape index (κ3) is 5.34. The highest BCUT2D eigenvalue weighted by Gasteiger charge is 2.38. The van der Waals surface area contributed by atoms with E-state index in [1.807, 2.05) is 38.1 Å². The Morgan fingerprint density at radius 3 is 2.29 bits per heavy atom. The molecule has 1 aliphatic carbocycles. The van der Waals surface area contributed by atoms with Crippen molar-refractivity contribution in [1.29, 1.82) is 0 Å². The molecule has 7 nitrogen and oxygen atoms in total. The van der Waals surface area contributed by atoms with Crippen molar-refractivity contribution in [2.45, 2.75) is 64.0 Å². The van der Waals surface area contributed by atoms with Crippen LogP contribution < -0.4 is 5.32 Å². The summed E-state index contributed by atoms with van der Waals surface area (Å²) in [5, 5.41) is 12.4. The van der Waals surface area contributed by atoms with Crippen LogP contribution in [0.3, 0.4) is 0 Å². The van der Waals surface area contributed by atoms with Crippen LogP contribution in [0.2, 0.25) is 0 Å². The van der Waals surface area contributed by atoms with Crippen molar-refractivity contribution in [2.24, 2.45) is 5.92 Å². The molecule has 0 saturated carbocycles. The average Bonchev–Trinajstić information content (AvgIpc) is 3.18. The molecule has 4 rings (SSSR count). The molecule has 1 saturated heterocycles. The van der Waals surface area contributed by atoms with Gasteiger partial charge in [-0.05, 0) is 47.4 Å². The van der Waals surface area contributed by atoms with Crippen molar-refractivity contribution >= 4 is 18.0 Å². The Hall–Kier alpha value is -3.35. The van der Waals surface area contributed by atoms with Crippen LogP contribution in [0.5, 0.6) is 0 Å². The summed E-state index contributed by atoms with van der Waals surface area (Å²) in [5.74, 6) is -1.19. The molecule has 2 N–H and O–H groups in total. The van der Waals surface area contributed by atoms with E-state index in [1.165, 1.54) is 4.90 Å². The lowest BCUT2D eigenvalue weighted by atomic mass is 9.93. The predicted molar refractivity (Wildman–Crippen MR) is 133 cm³/mol. The van der Waals surface area contributed by atoms with E-state index >= 15 is 0 Å². The van der Waals surface area contributed by atoms with Crippen molar-refractivity contribution in [3.8, 4) is 11.1 Å². The first-order chi connectivity index (χ1) is 16.9. The molecule has 7 heteroatoms. The molecule has 2 amide bonds. The topological polar surface area (TPSA) is 95.9 Å². The van der Waals surface area contributed by atoms with Crippen molar-refractivity contribution in [3.63, 3.8) is 0 Å². The number of hydrogen-bond acceptors (Lipinski definition) is 4. The Bertz CT molecular complexity index is 1040. The summed E-state index contributed by atoms with van der Waals surface area (Å²) < 4.78 is 5.65. The summed E-state index contributed by atoms with van der Waals surface area (Å²) in [6.07, 6.45) is 2.57. The van der Waals surface area contributed by atoms with Gasteiger partial charge in [0, 0.05) is 12.5 Å². The molecule has 0 bridgehead atoms. The minimum atomic E-state index is -0.999. The van der Waals surface area contributed by atoms with E-state index in [2.05, 4.69) is 29.6 Å². The maximum absolute atomic E-state index is 13.4. The van der Waals surface area contributed by atoms with E-state index < -0.39 is 24.1 Å². The van der Waals surface area contributed by atoms with Crippen LogP contribution in [0.1, 0.15) is 63.0 Å². The lowest BCUT2D eigenvalue weighted by molar-refractivity contribution is -0.154. The van der Waals surface area contributed by atoms with Gasteiger partial charge in [-0.25, -0.2) is 9.59 Å². The van der Waals surface area contributed by atoms with Crippen LogP contribution in [-0.2, 0) is 14.3 Å². The first-order valence-corrected chi connectivity index (χ1v) is 12.6. The summed E-state index contributed by atoms with van der Waals surface area (Å²) in [7, 11) is 0. The highest BCUT2D eigenvalue weighted by molar-refractivity contribution is 5.89. The highest BCUT2D eigenvalue weighted by atomic mass is 16.5. The van der Waals surface area contributed by atoms with Crippen LogP contribution in [-0.4, -0.2) is 53.2 Å². The third-order valence-electron chi connectivity index (χ3n) is 7.17. The zero-order chi connectivity index (χ0) is 24.9. The van der Waals surface area contributed by atoms with Gasteiger partial charge in [-0.15, -0.1) is 0 Å². The van der Waals surface area contributed by atoms with Crippen LogP contribution in [0.25, 0.3) is 11.1 Å². The molecule has 2 aliphatic rings. The Kier molecular flexibility index (Phi) is 7.73. The molecule has 1 fully saturated rings. The Labute approximate surface area is 206 Å². The van der Waals surface area contributed by atoms with Gasteiger partial charge in [-0.3, -0.25) is 4.79 Å². The average molecular weight is 479 g/mol. The molecule has 0 spiro atoms. The van der Waals surface area contributed by atoms with E-state index in [0.29, 0.717) is 19.4 Å². The Balaban J connectivity index is 1.45. The Morgan fingerprint density at radius 1 is 1.06 bits per heavy atom. The largest absolute Gasteiger partial charge is 0.480 e. The van der Waals surface area contributed by atoms with Crippen molar-refractivity contribution in [2.75, 3.05) is 13.2 Å². The van der Waals surface area contributed by atoms with E-state index in [4.69, 9.17) is 4.74 Å². The predicted octanol–water partition coefficient (Wildman–Crippen LogP) is 4.80. The number of carboxylic acids is 1. The number of aliphatic carboxylic acids is 1. The number of nitrogens with zero attached hydrogens (tertiary/aromatic N) is 1. The summed E-state index contributed by atoms with van der Waals surface area (Å²) in [6, 6.07) is 14.6. The fourth-order valence-electron chi connectivity index (χ4n) is 5.30. The van der Waals surface area contributed by atoms with Gasteiger partial charge in [-0.2, -0.15) is 0 Å². The van der Waals surface area contributed by atoms with Gasteiger partial charge in [0.1, 0.15) is 18.7 Å². The zero-order valence-corrected chi connectivity index (χ0v) is 20.4. The minimum absolute atomic E-state index is 0.0720. The summed E-state index contributed by atoms with van der Waals surface area (Å²) in [5.41, 5.74) is 4.53. The fraction of sp³-hybridized carbons (Fsp3) is 0.464. The molecule has 0 radical (unpaired) electrons. The van der Waals surface area contributed by atoms with Crippen molar-refractivity contribution in [1.82, 2.24) is 10.2 Å². The lowest BCUT2D eigenvalue weighted by Gasteiger charge is -2.38. The van der Waals surface area contributed by atoms with E-state index in [0.717, 1.165) is 41.5 Å². The molecule has 1 heterocycles. The number of ether oxygens (including phenoxy) is 1. The summed E-state index contributed by atoms with van der Waals surface area (Å²) in [4.78, 5) is 39.4. The highest BCUT2D eigenvalue weighted by Crippen LogP contribution is 2.44. The third-order valence-corrected chi connectivity index (χ3v) is 7.17. The SMILES string of the molecule is CCCCC(NC(=O)OCC1c2ccccc2-c2ccccc21)C(=O)N1CC(C)CCC1C(=O)O. The molecule has 2 aromatic rings. The van der Waals surface area contributed by atoms with Gasteiger partial charge in [0.05, 0.1) is 0 Å². The molecular weight excluding hydrogens is 444 g/mol. The standard InChI is InChI=1S/C28H34N2O5/c1-3-4-13-24(26(31)30-16-18(2)14-15-25(30)27(32)33)29-28(34)35-17-23-21-11-7-5-9-19(21)20-10-6-8-12-22(20)23/h5-12,18,23-25H,3-4,13-17H2,1-2H3,(H,29,34)(H,32,33). The number of alkyl carbamates (subject to hydrolysis) is 1. The van der Waals surface area contributed by atoms with Crippen molar-refractivity contribution in [3.05, 3.63) is 59.7 Å². The molecule has 35 heavy (non-hydrogen) atoms. The molecule has 186 valence electrons. The molecule has 0 aromatic heterocycles. The zero-order valence-electron chi connectivity index (χ0n) is 20.4. The number of carbonyl (C=O) groups is 3. The van der Waals surface area contributed by atoms with Gasteiger partial charge in [0.15, 0.2) is 0 Å². The number of rotatable bonds is 8. The van der Waals surface area contributed by atoms with Gasteiger partial charge in [0.2, 0.25) is 5.91 Å². The first-order valence-electron chi connectivity index (χ1n) is 12.6. The number of nitrogens with one attached hydrogen (secondary N) is 1. The summed E-state index contributed by atoms with van der Waals surface area (Å²) in [6.45, 7) is 4.56. The van der Waals surface area contributed by atoms with Gasteiger partial charge < -0.3 is 20.1 Å². The number of likely N-dealkylation sites (tertiary alicyclic amines) is 1. The van der Waals surface area contributed by atoms with E-state index in [-0.39, 0.29) is 24.3 Å². The minimum Gasteiger partial charge on any atom is -0.480 e. The second-order valence-corrected chi connectivity index (χ2v) is 9.69. The molecule has 3 atom stereocenters. The first kappa shape index (κ1) is 24.8. The lowest BCUT2D eigenvalue weighted by Crippen LogP contribution is -2.56. The number of carboxylic acid groups (broad SMARTS) is 1.